The zero-order valence-corrected chi connectivity index (χ0v) is 17.3. The van der Waals surface area contributed by atoms with Crippen LogP contribution in [0.4, 0.5) is 5.69 Å². The summed E-state index contributed by atoms with van der Waals surface area (Å²) in [6.07, 6.45) is 0.517. The largest absolute Gasteiger partial charge is 0.492 e. The second-order valence-corrected chi connectivity index (χ2v) is 6.66. The van der Waals surface area contributed by atoms with Crippen molar-refractivity contribution < 1.29 is 28.6 Å². The summed E-state index contributed by atoms with van der Waals surface area (Å²) in [4.78, 5) is 35.9. The van der Waals surface area contributed by atoms with E-state index in [1.807, 2.05) is 0 Å². The van der Waals surface area contributed by atoms with E-state index >= 15 is 0 Å². The van der Waals surface area contributed by atoms with Gasteiger partial charge in [-0.1, -0.05) is 23.2 Å². The molecule has 0 aliphatic carbocycles. The zero-order valence-electron chi connectivity index (χ0n) is 15.8. The van der Waals surface area contributed by atoms with Crippen molar-refractivity contribution in [3.8, 4) is 5.75 Å². The number of nitrogens with one attached hydrogen (secondary N) is 1. The van der Waals surface area contributed by atoms with Crippen molar-refractivity contribution in [2.45, 2.75) is 12.8 Å². The summed E-state index contributed by atoms with van der Waals surface area (Å²) >= 11 is 11.8. The SMILES string of the molecule is COC(=O)c1ccc(C(=O)OC)c(NC(=O)CCCOc2ccc(Cl)cc2Cl)c1. The van der Waals surface area contributed by atoms with E-state index < -0.39 is 11.9 Å². The molecule has 0 atom stereocenters. The molecular weight excluding hydrogens is 421 g/mol. The first-order chi connectivity index (χ1) is 13.8. The van der Waals surface area contributed by atoms with Crippen molar-refractivity contribution in [3.63, 3.8) is 0 Å². The summed E-state index contributed by atoms with van der Waals surface area (Å²) in [5, 5.41) is 3.49. The monoisotopic (exact) mass is 439 g/mol. The Kier molecular flexibility index (Phi) is 8.30. The Hall–Kier alpha value is -2.77. The maximum absolute atomic E-state index is 12.3. The van der Waals surface area contributed by atoms with E-state index in [0.29, 0.717) is 22.2 Å². The van der Waals surface area contributed by atoms with Crippen molar-refractivity contribution in [1.29, 1.82) is 0 Å². The lowest BCUT2D eigenvalue weighted by atomic mass is 10.1. The zero-order chi connectivity index (χ0) is 21.4. The molecule has 29 heavy (non-hydrogen) atoms. The van der Waals surface area contributed by atoms with Crippen LogP contribution in [0.2, 0.25) is 10.0 Å². The standard InChI is InChI=1S/C20H19Cl2NO6/c1-27-19(25)12-5-7-14(20(26)28-2)16(10-12)23-18(24)4-3-9-29-17-8-6-13(21)11-15(17)22/h5-8,10-11H,3-4,9H2,1-2H3,(H,23,24). The Morgan fingerprint density at radius 1 is 0.966 bits per heavy atom. The minimum atomic E-state index is -0.641. The molecule has 0 aromatic heterocycles. The summed E-state index contributed by atoms with van der Waals surface area (Å²) in [6.45, 7) is 0.251. The summed E-state index contributed by atoms with van der Waals surface area (Å²) in [7, 11) is 2.46. The molecule has 0 unspecified atom stereocenters. The van der Waals surface area contributed by atoms with E-state index in [-0.39, 0.29) is 35.7 Å². The van der Waals surface area contributed by atoms with Crippen molar-refractivity contribution in [2.75, 3.05) is 26.1 Å². The molecule has 9 heteroatoms. The van der Waals surface area contributed by atoms with E-state index in [0.717, 1.165) is 0 Å². The van der Waals surface area contributed by atoms with Crippen LogP contribution in [0.25, 0.3) is 0 Å². The van der Waals surface area contributed by atoms with Gasteiger partial charge in [0.05, 0.1) is 42.7 Å². The highest BCUT2D eigenvalue weighted by molar-refractivity contribution is 6.35. The molecule has 2 aromatic carbocycles. The fraction of sp³-hybridized carbons (Fsp3) is 0.250. The molecule has 2 rings (SSSR count). The van der Waals surface area contributed by atoms with Gasteiger partial charge in [0.25, 0.3) is 0 Å². The molecule has 7 nitrogen and oxygen atoms in total. The van der Waals surface area contributed by atoms with E-state index in [2.05, 4.69) is 10.1 Å². The molecule has 0 saturated carbocycles. The lowest BCUT2D eigenvalue weighted by molar-refractivity contribution is -0.116. The van der Waals surface area contributed by atoms with Gasteiger partial charge in [-0.3, -0.25) is 4.79 Å². The molecular formula is C20H19Cl2NO6. The summed E-state index contributed by atoms with van der Waals surface area (Å²) in [5.41, 5.74) is 0.472. The van der Waals surface area contributed by atoms with Gasteiger partial charge in [0.2, 0.25) is 5.91 Å². The summed E-state index contributed by atoms with van der Waals surface area (Å²) < 4.78 is 14.9. The molecule has 0 aliphatic heterocycles. The highest BCUT2D eigenvalue weighted by Crippen LogP contribution is 2.27. The fourth-order valence-corrected chi connectivity index (χ4v) is 2.86. The van der Waals surface area contributed by atoms with E-state index in [1.165, 1.54) is 32.4 Å². The first kappa shape index (κ1) is 22.5. The number of hydrogen-bond acceptors (Lipinski definition) is 6. The Labute approximate surface area is 177 Å². The number of halogens is 2. The van der Waals surface area contributed by atoms with E-state index in [1.54, 1.807) is 18.2 Å². The van der Waals surface area contributed by atoms with Gasteiger partial charge in [-0.2, -0.15) is 0 Å². The number of hydrogen-bond donors (Lipinski definition) is 1. The van der Waals surface area contributed by atoms with Crippen LogP contribution >= 0.6 is 23.2 Å². The Morgan fingerprint density at radius 3 is 2.34 bits per heavy atom. The first-order valence-electron chi connectivity index (χ1n) is 8.54. The van der Waals surface area contributed by atoms with E-state index in [9.17, 15) is 14.4 Å². The number of rotatable bonds is 8. The molecule has 0 heterocycles. The van der Waals surface area contributed by atoms with Gasteiger partial charge in [-0.15, -0.1) is 0 Å². The molecule has 0 fully saturated rings. The molecule has 1 amide bonds. The van der Waals surface area contributed by atoms with Crippen molar-refractivity contribution in [1.82, 2.24) is 0 Å². The molecule has 1 N–H and O–H groups in total. The molecule has 0 aliphatic rings. The summed E-state index contributed by atoms with van der Waals surface area (Å²) in [6, 6.07) is 9.02. The number of esters is 2. The van der Waals surface area contributed by atoms with Gasteiger partial charge in [0.1, 0.15) is 5.75 Å². The number of ether oxygens (including phenoxy) is 3. The lowest BCUT2D eigenvalue weighted by Crippen LogP contribution is -2.17. The Morgan fingerprint density at radius 2 is 1.69 bits per heavy atom. The van der Waals surface area contributed by atoms with Gasteiger partial charge < -0.3 is 19.5 Å². The third kappa shape index (κ3) is 6.37. The van der Waals surface area contributed by atoms with Gasteiger partial charge in [-0.25, -0.2) is 9.59 Å². The van der Waals surface area contributed by atoms with Gasteiger partial charge in [-0.05, 0) is 42.8 Å². The van der Waals surface area contributed by atoms with Crippen molar-refractivity contribution in [3.05, 3.63) is 57.6 Å². The molecule has 2 aromatic rings. The van der Waals surface area contributed by atoms with Crippen LogP contribution in [0.1, 0.15) is 33.6 Å². The average molecular weight is 440 g/mol. The Balaban J connectivity index is 1.97. The van der Waals surface area contributed by atoms with Crippen molar-refractivity contribution in [2.24, 2.45) is 0 Å². The van der Waals surface area contributed by atoms with Gasteiger partial charge >= 0.3 is 11.9 Å². The molecule has 0 saturated heterocycles. The van der Waals surface area contributed by atoms with Crippen LogP contribution in [0.3, 0.4) is 0 Å². The highest BCUT2D eigenvalue weighted by atomic mass is 35.5. The number of amides is 1. The third-order valence-corrected chi connectivity index (χ3v) is 4.35. The minimum Gasteiger partial charge on any atom is -0.492 e. The maximum Gasteiger partial charge on any atom is 0.339 e. The van der Waals surface area contributed by atoms with Crippen molar-refractivity contribution >= 4 is 46.7 Å². The second-order valence-electron chi connectivity index (χ2n) is 5.82. The smallest absolute Gasteiger partial charge is 0.339 e. The van der Waals surface area contributed by atoms with Gasteiger partial charge in [0, 0.05) is 11.4 Å². The predicted molar refractivity (Wildman–Crippen MR) is 109 cm³/mol. The average Bonchev–Trinajstić information content (AvgIpc) is 2.71. The number of benzene rings is 2. The van der Waals surface area contributed by atoms with Crippen LogP contribution in [0, 0.1) is 0 Å². The van der Waals surface area contributed by atoms with Crippen LogP contribution in [-0.4, -0.2) is 38.7 Å². The number of methoxy groups -OCH3 is 2. The first-order valence-corrected chi connectivity index (χ1v) is 9.29. The van der Waals surface area contributed by atoms with E-state index in [4.69, 9.17) is 32.7 Å². The van der Waals surface area contributed by atoms with Crippen LogP contribution in [-0.2, 0) is 14.3 Å². The lowest BCUT2D eigenvalue weighted by Gasteiger charge is -2.12. The maximum atomic E-state index is 12.3. The predicted octanol–water partition coefficient (Wildman–Crippen LogP) is 4.36. The topological polar surface area (TPSA) is 90.9 Å². The molecule has 0 radical (unpaired) electrons. The number of carbonyl (C=O) groups is 3. The Bertz CT molecular complexity index is 916. The van der Waals surface area contributed by atoms with Crippen LogP contribution in [0.5, 0.6) is 5.75 Å². The molecule has 154 valence electrons. The van der Waals surface area contributed by atoms with Crippen LogP contribution in [0.15, 0.2) is 36.4 Å². The van der Waals surface area contributed by atoms with Crippen LogP contribution < -0.4 is 10.1 Å². The fourth-order valence-electron chi connectivity index (χ4n) is 2.40. The quantitative estimate of drug-likeness (QED) is 0.485. The molecule has 0 bridgehead atoms. The third-order valence-electron chi connectivity index (χ3n) is 3.82. The summed E-state index contributed by atoms with van der Waals surface area (Å²) in [5.74, 6) is -1.12. The minimum absolute atomic E-state index is 0.119. The normalized spacial score (nSPS) is 10.2. The highest BCUT2D eigenvalue weighted by Gasteiger charge is 2.17. The second kappa shape index (κ2) is 10.7. The molecule has 0 spiro atoms. The number of carbonyl (C=O) groups excluding carboxylic acids is 3. The number of anilines is 1. The van der Waals surface area contributed by atoms with Gasteiger partial charge in [0.15, 0.2) is 0 Å².